The summed E-state index contributed by atoms with van der Waals surface area (Å²) in [6.07, 6.45) is -3.39. The van der Waals surface area contributed by atoms with Gasteiger partial charge in [0, 0.05) is 11.2 Å². The molecule has 114 valence electrons. The van der Waals surface area contributed by atoms with Gasteiger partial charge in [-0.25, -0.2) is 0 Å². The molecule has 0 radical (unpaired) electrons. The number of hydrogen-bond acceptors (Lipinski definition) is 2. The standard InChI is InChI=1S/C15H15ClF3NO/c1-9-5-11(3-4-12(9)8-21)10(2)14(16)6-13(7-20)15(17,18)19/h3-7,21H,2,8,20H2,1H3/b13-7+,14-6+. The van der Waals surface area contributed by atoms with Gasteiger partial charge in [-0.1, -0.05) is 36.4 Å². The molecule has 6 heteroatoms. The van der Waals surface area contributed by atoms with Crippen molar-refractivity contribution in [1.29, 1.82) is 0 Å². The molecular weight excluding hydrogens is 303 g/mol. The molecule has 0 unspecified atom stereocenters. The summed E-state index contributed by atoms with van der Waals surface area (Å²) in [5, 5.41) is 8.94. The highest BCUT2D eigenvalue weighted by Gasteiger charge is 2.32. The molecule has 0 aromatic heterocycles. The van der Waals surface area contributed by atoms with Crippen LogP contribution in [0.1, 0.15) is 16.7 Å². The summed E-state index contributed by atoms with van der Waals surface area (Å²) in [5.74, 6) is 0. The van der Waals surface area contributed by atoms with Gasteiger partial charge in [-0.05, 0) is 35.3 Å². The molecule has 3 N–H and O–H groups in total. The lowest BCUT2D eigenvalue weighted by atomic mass is 10.00. The maximum absolute atomic E-state index is 12.6. The number of benzene rings is 1. The predicted octanol–water partition coefficient (Wildman–Crippen LogP) is 4.03. The zero-order chi connectivity index (χ0) is 16.2. The maximum Gasteiger partial charge on any atom is 0.417 e. The number of alkyl halides is 3. The first-order chi connectivity index (χ1) is 9.70. The molecule has 1 aromatic rings. The highest BCUT2D eigenvalue weighted by Crippen LogP contribution is 2.32. The van der Waals surface area contributed by atoms with Crippen molar-refractivity contribution in [2.45, 2.75) is 19.7 Å². The lowest BCUT2D eigenvalue weighted by Gasteiger charge is -2.11. The molecule has 0 aliphatic carbocycles. The SMILES string of the molecule is C=C(/C(Cl)=C\C(=C/N)C(F)(F)F)c1ccc(CO)c(C)c1. The summed E-state index contributed by atoms with van der Waals surface area (Å²) in [4.78, 5) is 0. The smallest absolute Gasteiger partial charge is 0.404 e. The fraction of sp³-hybridized carbons (Fsp3) is 0.200. The Labute approximate surface area is 126 Å². The average Bonchev–Trinajstić information content (AvgIpc) is 2.42. The van der Waals surface area contributed by atoms with Crippen LogP contribution in [0.4, 0.5) is 13.2 Å². The molecule has 0 aliphatic heterocycles. The summed E-state index contributed by atoms with van der Waals surface area (Å²) in [5.41, 5.74) is 6.26. The lowest BCUT2D eigenvalue weighted by Crippen LogP contribution is -2.12. The molecule has 0 amide bonds. The van der Waals surface area contributed by atoms with E-state index < -0.39 is 11.7 Å². The first kappa shape index (κ1) is 17.3. The van der Waals surface area contributed by atoms with Gasteiger partial charge in [-0.2, -0.15) is 13.2 Å². The summed E-state index contributed by atoms with van der Waals surface area (Å²) >= 11 is 5.89. The predicted molar refractivity (Wildman–Crippen MR) is 78.4 cm³/mol. The molecule has 0 atom stereocenters. The van der Waals surface area contributed by atoms with Gasteiger partial charge in [-0.3, -0.25) is 0 Å². The Hall–Kier alpha value is -1.72. The van der Waals surface area contributed by atoms with Crippen LogP contribution in [0.3, 0.4) is 0 Å². The van der Waals surface area contributed by atoms with E-state index in [2.05, 4.69) is 6.58 Å². The van der Waals surface area contributed by atoms with Crippen LogP contribution in [0, 0.1) is 6.92 Å². The Morgan fingerprint density at radius 1 is 1.43 bits per heavy atom. The van der Waals surface area contributed by atoms with Gasteiger partial charge in [0.25, 0.3) is 0 Å². The van der Waals surface area contributed by atoms with E-state index >= 15 is 0 Å². The van der Waals surface area contributed by atoms with E-state index in [1.165, 1.54) is 0 Å². The number of hydrogen-bond donors (Lipinski definition) is 2. The highest BCUT2D eigenvalue weighted by molar-refractivity contribution is 6.37. The van der Waals surface area contributed by atoms with Crippen molar-refractivity contribution < 1.29 is 18.3 Å². The van der Waals surface area contributed by atoms with Crippen molar-refractivity contribution in [3.63, 3.8) is 0 Å². The number of halogens is 4. The van der Waals surface area contributed by atoms with Crippen LogP contribution < -0.4 is 5.73 Å². The van der Waals surface area contributed by atoms with E-state index in [4.69, 9.17) is 22.4 Å². The monoisotopic (exact) mass is 317 g/mol. The molecule has 0 saturated heterocycles. The number of aliphatic hydroxyl groups is 1. The van der Waals surface area contributed by atoms with Crippen LogP contribution in [-0.2, 0) is 6.61 Å². The van der Waals surface area contributed by atoms with E-state index in [1.807, 2.05) is 0 Å². The first-order valence-corrected chi connectivity index (χ1v) is 6.34. The van der Waals surface area contributed by atoms with Crippen LogP contribution in [0.5, 0.6) is 0 Å². The maximum atomic E-state index is 12.6. The number of nitrogens with two attached hydrogens (primary N) is 1. The second-order valence-electron chi connectivity index (χ2n) is 4.39. The van der Waals surface area contributed by atoms with Gasteiger partial charge >= 0.3 is 6.18 Å². The molecule has 1 rings (SSSR count). The molecule has 0 bridgehead atoms. The van der Waals surface area contributed by atoms with Crippen molar-refractivity contribution >= 4 is 17.2 Å². The third-order valence-corrected chi connectivity index (χ3v) is 3.28. The van der Waals surface area contributed by atoms with Crippen molar-refractivity contribution in [2.75, 3.05) is 0 Å². The van der Waals surface area contributed by atoms with Gasteiger partial charge < -0.3 is 10.8 Å². The van der Waals surface area contributed by atoms with Gasteiger partial charge in [-0.15, -0.1) is 0 Å². The van der Waals surface area contributed by atoms with Crippen LogP contribution in [0.15, 0.2) is 47.7 Å². The minimum atomic E-state index is -4.58. The Morgan fingerprint density at radius 3 is 2.48 bits per heavy atom. The van der Waals surface area contributed by atoms with Crippen LogP contribution >= 0.6 is 11.6 Å². The van der Waals surface area contributed by atoms with E-state index in [0.29, 0.717) is 11.8 Å². The molecule has 0 spiro atoms. The molecule has 0 fully saturated rings. The van der Waals surface area contributed by atoms with Crippen molar-refractivity contribution in [3.05, 3.63) is 64.3 Å². The number of allylic oxidation sites excluding steroid dienone is 4. The van der Waals surface area contributed by atoms with Crippen LogP contribution in [0.2, 0.25) is 0 Å². The topological polar surface area (TPSA) is 46.2 Å². The van der Waals surface area contributed by atoms with Gasteiger partial charge in [0.05, 0.1) is 12.2 Å². The third kappa shape index (κ3) is 4.37. The molecule has 0 heterocycles. The van der Waals surface area contributed by atoms with E-state index in [0.717, 1.165) is 17.2 Å². The molecule has 2 nitrogen and oxygen atoms in total. The Kier molecular flexibility index (Phi) is 5.63. The molecule has 1 aromatic carbocycles. The zero-order valence-electron chi connectivity index (χ0n) is 11.3. The summed E-state index contributed by atoms with van der Waals surface area (Å²) in [6.45, 7) is 5.36. The number of rotatable bonds is 4. The normalized spacial score (nSPS) is 13.4. The summed E-state index contributed by atoms with van der Waals surface area (Å²) in [7, 11) is 0. The summed E-state index contributed by atoms with van der Waals surface area (Å²) in [6, 6.07) is 5.00. The number of aliphatic hydroxyl groups excluding tert-OH is 1. The third-order valence-electron chi connectivity index (χ3n) is 2.94. The second-order valence-corrected chi connectivity index (χ2v) is 4.80. The molecular formula is C15H15ClF3NO. The second kappa shape index (κ2) is 6.83. The van der Waals surface area contributed by atoms with Gasteiger partial charge in [0.1, 0.15) is 0 Å². The minimum Gasteiger partial charge on any atom is -0.404 e. The average molecular weight is 318 g/mol. The molecule has 0 saturated carbocycles. The Morgan fingerprint density at radius 2 is 2.05 bits per heavy atom. The van der Waals surface area contributed by atoms with Crippen molar-refractivity contribution in [2.24, 2.45) is 5.73 Å². The van der Waals surface area contributed by atoms with Crippen LogP contribution in [0.25, 0.3) is 5.57 Å². The van der Waals surface area contributed by atoms with E-state index in [1.54, 1.807) is 25.1 Å². The largest absolute Gasteiger partial charge is 0.417 e. The minimum absolute atomic E-state index is 0.115. The fourth-order valence-corrected chi connectivity index (χ4v) is 1.87. The van der Waals surface area contributed by atoms with Crippen molar-refractivity contribution in [1.82, 2.24) is 0 Å². The highest BCUT2D eigenvalue weighted by atomic mass is 35.5. The Balaban J connectivity index is 3.11. The van der Waals surface area contributed by atoms with Gasteiger partial charge in [0.15, 0.2) is 0 Å². The Bertz CT molecular complexity index is 603. The van der Waals surface area contributed by atoms with Gasteiger partial charge in [0.2, 0.25) is 0 Å². The van der Waals surface area contributed by atoms with Crippen molar-refractivity contribution in [3.8, 4) is 0 Å². The van der Waals surface area contributed by atoms with Crippen LogP contribution in [-0.4, -0.2) is 11.3 Å². The fourth-order valence-electron chi connectivity index (χ4n) is 1.65. The molecule has 0 aliphatic rings. The summed E-state index contributed by atoms with van der Waals surface area (Å²) < 4.78 is 37.8. The van der Waals surface area contributed by atoms with E-state index in [-0.39, 0.29) is 17.2 Å². The quantitative estimate of drug-likeness (QED) is 0.824. The molecule has 21 heavy (non-hydrogen) atoms. The van der Waals surface area contributed by atoms with E-state index in [9.17, 15) is 13.2 Å². The lowest BCUT2D eigenvalue weighted by molar-refractivity contribution is -0.0883. The number of aryl methyl sites for hydroxylation is 1. The zero-order valence-corrected chi connectivity index (χ0v) is 12.1. The first-order valence-electron chi connectivity index (χ1n) is 5.97.